The predicted octanol–water partition coefficient (Wildman–Crippen LogP) is -2.17. The van der Waals surface area contributed by atoms with Crippen LogP contribution >= 0.6 is 0 Å². The first-order valence-electron chi connectivity index (χ1n) is 7.46. The van der Waals surface area contributed by atoms with Crippen LogP contribution in [0.4, 0.5) is 0 Å². The van der Waals surface area contributed by atoms with E-state index in [0.717, 1.165) is 0 Å². The average Bonchev–Trinajstić information content (AvgIpc) is 2.75. The van der Waals surface area contributed by atoms with Crippen LogP contribution < -0.4 is 0 Å². The highest BCUT2D eigenvalue weighted by molar-refractivity contribution is 5.73. The van der Waals surface area contributed by atoms with Crippen LogP contribution in [-0.4, -0.2) is 95.2 Å². The van der Waals surface area contributed by atoms with Gasteiger partial charge in [-0.2, -0.15) is 4.91 Å². The van der Waals surface area contributed by atoms with Crippen molar-refractivity contribution in [2.75, 3.05) is 19.8 Å². The number of aliphatic carboxylic acids is 1. The standard InChI is InChI=1S/C13H21NO10/c1-5-10(12(18)19)23-13(6(16)4-21-5)24-11-7(2-14-20)22-8(3-15)9(11)17/h5-11,13,15-17H,2-4H2,1H3,(H,18,19)/t5-,6-,7?,8+,9?,10?,11?,13?/m0/s1. The summed E-state index contributed by atoms with van der Waals surface area (Å²) in [5, 5.41) is 41.2. The Hall–Kier alpha value is -1.21. The Bertz CT molecular complexity index is 448. The number of carbonyl (C=O) groups is 1. The van der Waals surface area contributed by atoms with E-state index in [1.165, 1.54) is 6.92 Å². The highest BCUT2D eigenvalue weighted by atomic mass is 16.7. The molecule has 0 aromatic carbocycles. The lowest BCUT2D eigenvalue weighted by Gasteiger charge is -2.28. The van der Waals surface area contributed by atoms with Crippen molar-refractivity contribution in [3.8, 4) is 0 Å². The van der Waals surface area contributed by atoms with Crippen LogP contribution in [0.2, 0.25) is 0 Å². The van der Waals surface area contributed by atoms with Crippen LogP contribution in [0.5, 0.6) is 0 Å². The lowest BCUT2D eigenvalue weighted by molar-refractivity contribution is -0.243. The van der Waals surface area contributed by atoms with Crippen molar-refractivity contribution in [1.29, 1.82) is 0 Å². The lowest BCUT2D eigenvalue weighted by Crippen LogP contribution is -2.46. The van der Waals surface area contributed by atoms with E-state index in [2.05, 4.69) is 5.18 Å². The monoisotopic (exact) mass is 351 g/mol. The zero-order valence-corrected chi connectivity index (χ0v) is 12.9. The zero-order valence-electron chi connectivity index (χ0n) is 12.9. The lowest BCUT2D eigenvalue weighted by atomic mass is 10.1. The van der Waals surface area contributed by atoms with Gasteiger partial charge in [-0.3, -0.25) is 0 Å². The SMILES string of the molecule is C[C@@H]1OC[C@H](O)C(OC2C(CN=O)O[C@H](CO)C2O)OC1C(=O)O. The Balaban J connectivity index is 2.13. The third-order valence-electron chi connectivity index (χ3n) is 3.95. The second kappa shape index (κ2) is 8.25. The summed E-state index contributed by atoms with van der Waals surface area (Å²) < 4.78 is 21.2. The minimum absolute atomic E-state index is 0.237. The van der Waals surface area contributed by atoms with Crippen LogP contribution in [-0.2, 0) is 23.7 Å². The molecule has 0 amide bonds. The zero-order chi connectivity index (χ0) is 17.9. The fraction of sp³-hybridized carbons (Fsp3) is 0.923. The molecule has 5 unspecified atom stereocenters. The number of nitrogens with zero attached hydrogens (tertiary/aromatic N) is 1. The summed E-state index contributed by atoms with van der Waals surface area (Å²) >= 11 is 0. The molecule has 2 fully saturated rings. The molecule has 0 saturated carbocycles. The van der Waals surface area contributed by atoms with Crippen LogP contribution in [0.25, 0.3) is 0 Å². The normalized spacial score (nSPS) is 43.3. The van der Waals surface area contributed by atoms with Gasteiger partial charge in [-0.05, 0) is 6.92 Å². The summed E-state index contributed by atoms with van der Waals surface area (Å²) in [4.78, 5) is 21.7. The van der Waals surface area contributed by atoms with Gasteiger partial charge in [0.15, 0.2) is 12.4 Å². The molecule has 2 aliphatic rings. The number of aliphatic hydroxyl groups excluding tert-OH is 3. The Morgan fingerprint density at radius 3 is 2.58 bits per heavy atom. The maximum atomic E-state index is 11.2. The van der Waals surface area contributed by atoms with Gasteiger partial charge in [0.25, 0.3) is 0 Å². The predicted molar refractivity (Wildman–Crippen MR) is 75.0 cm³/mol. The number of carboxylic acid groups (broad SMARTS) is 1. The molecule has 11 heteroatoms. The molecule has 11 nitrogen and oxygen atoms in total. The molecule has 0 aromatic heterocycles. The van der Waals surface area contributed by atoms with E-state index >= 15 is 0 Å². The van der Waals surface area contributed by atoms with E-state index in [4.69, 9.17) is 29.2 Å². The van der Waals surface area contributed by atoms with E-state index < -0.39 is 61.6 Å². The summed E-state index contributed by atoms with van der Waals surface area (Å²) in [5.41, 5.74) is 0. The van der Waals surface area contributed by atoms with Crippen LogP contribution in [0.3, 0.4) is 0 Å². The Morgan fingerprint density at radius 1 is 1.29 bits per heavy atom. The molecular weight excluding hydrogens is 330 g/mol. The fourth-order valence-electron chi connectivity index (χ4n) is 2.65. The van der Waals surface area contributed by atoms with E-state index in [-0.39, 0.29) is 13.2 Å². The number of hydrogen-bond acceptors (Lipinski definition) is 10. The summed E-state index contributed by atoms with van der Waals surface area (Å²) in [6, 6.07) is 0. The van der Waals surface area contributed by atoms with Crippen molar-refractivity contribution in [2.24, 2.45) is 5.18 Å². The van der Waals surface area contributed by atoms with E-state index in [1.807, 2.05) is 0 Å². The molecule has 0 aliphatic carbocycles. The number of ether oxygens (including phenoxy) is 4. The number of nitroso groups, excluding NO2 is 1. The molecule has 0 bridgehead atoms. The highest BCUT2D eigenvalue weighted by Crippen LogP contribution is 2.28. The Morgan fingerprint density at radius 2 is 2.00 bits per heavy atom. The molecular formula is C13H21NO10. The number of aliphatic hydroxyl groups is 3. The van der Waals surface area contributed by atoms with Crippen molar-refractivity contribution >= 4 is 5.97 Å². The molecule has 4 N–H and O–H groups in total. The summed E-state index contributed by atoms with van der Waals surface area (Å²) in [6.07, 6.45) is -9.35. The number of rotatable bonds is 6. The maximum Gasteiger partial charge on any atom is 0.335 e. The topological polar surface area (TPSA) is 164 Å². The van der Waals surface area contributed by atoms with Crippen LogP contribution in [0.15, 0.2) is 5.18 Å². The molecule has 2 saturated heterocycles. The summed E-state index contributed by atoms with van der Waals surface area (Å²) in [7, 11) is 0. The average molecular weight is 351 g/mol. The van der Waals surface area contributed by atoms with Gasteiger partial charge in [0, 0.05) is 0 Å². The van der Waals surface area contributed by atoms with Gasteiger partial charge in [-0.15, -0.1) is 0 Å². The van der Waals surface area contributed by atoms with Crippen molar-refractivity contribution in [3.05, 3.63) is 4.91 Å². The third-order valence-corrected chi connectivity index (χ3v) is 3.95. The molecule has 138 valence electrons. The largest absolute Gasteiger partial charge is 0.479 e. The van der Waals surface area contributed by atoms with E-state index in [0.29, 0.717) is 0 Å². The number of hydrogen-bond donors (Lipinski definition) is 4. The van der Waals surface area contributed by atoms with Gasteiger partial charge in [0.2, 0.25) is 0 Å². The van der Waals surface area contributed by atoms with Crippen LogP contribution in [0.1, 0.15) is 6.92 Å². The van der Waals surface area contributed by atoms with Gasteiger partial charge in [0.1, 0.15) is 37.1 Å². The van der Waals surface area contributed by atoms with Gasteiger partial charge in [0.05, 0.1) is 19.3 Å². The minimum Gasteiger partial charge on any atom is -0.479 e. The summed E-state index contributed by atoms with van der Waals surface area (Å²) in [5.74, 6) is -1.30. The quantitative estimate of drug-likeness (QED) is 0.387. The van der Waals surface area contributed by atoms with Crippen molar-refractivity contribution in [3.63, 3.8) is 0 Å². The van der Waals surface area contributed by atoms with E-state index in [9.17, 15) is 19.9 Å². The van der Waals surface area contributed by atoms with E-state index in [1.54, 1.807) is 0 Å². The highest BCUT2D eigenvalue weighted by Gasteiger charge is 2.47. The summed E-state index contributed by atoms with van der Waals surface area (Å²) in [6.45, 7) is 0.375. The second-order valence-electron chi connectivity index (χ2n) is 5.67. The molecule has 2 aliphatic heterocycles. The first-order chi connectivity index (χ1) is 11.4. The van der Waals surface area contributed by atoms with Gasteiger partial charge >= 0.3 is 5.97 Å². The van der Waals surface area contributed by atoms with Crippen molar-refractivity contribution in [2.45, 2.75) is 55.9 Å². The molecule has 24 heavy (non-hydrogen) atoms. The van der Waals surface area contributed by atoms with Crippen LogP contribution in [0, 0.1) is 4.91 Å². The minimum atomic E-state index is -1.43. The first-order valence-corrected chi connectivity index (χ1v) is 7.46. The molecule has 0 spiro atoms. The number of carboxylic acids is 1. The molecule has 0 aromatic rings. The van der Waals surface area contributed by atoms with Gasteiger partial charge in [-0.1, -0.05) is 5.18 Å². The first kappa shape index (κ1) is 19.1. The molecule has 2 heterocycles. The fourth-order valence-corrected chi connectivity index (χ4v) is 2.65. The third kappa shape index (κ3) is 4.06. The maximum absolute atomic E-state index is 11.2. The Labute approximate surface area is 137 Å². The smallest absolute Gasteiger partial charge is 0.335 e. The second-order valence-corrected chi connectivity index (χ2v) is 5.67. The molecule has 2 rings (SSSR count). The molecule has 8 atom stereocenters. The van der Waals surface area contributed by atoms with Crippen molar-refractivity contribution in [1.82, 2.24) is 0 Å². The van der Waals surface area contributed by atoms with Gasteiger partial charge in [-0.25, -0.2) is 4.79 Å². The molecule has 0 radical (unpaired) electrons. The Kier molecular flexibility index (Phi) is 6.57. The van der Waals surface area contributed by atoms with Crippen molar-refractivity contribution < 1.29 is 44.2 Å². The van der Waals surface area contributed by atoms with Gasteiger partial charge < -0.3 is 39.4 Å².